The second kappa shape index (κ2) is 4.12. The molecule has 0 saturated carbocycles. The number of hydrogen-bond acceptors (Lipinski definition) is 1. The van der Waals surface area contributed by atoms with Gasteiger partial charge in [-0.15, -0.1) is 0 Å². The molecule has 13 heavy (non-hydrogen) atoms. The molecule has 2 heteroatoms. The number of likely N-dealkylation sites (tertiary alicyclic amines) is 1. The molecule has 1 rings (SSSR count). The second-order valence-corrected chi connectivity index (χ2v) is 4.67. The zero-order valence-corrected chi connectivity index (χ0v) is 9.21. The van der Waals surface area contributed by atoms with Gasteiger partial charge in [-0.05, 0) is 24.7 Å². The van der Waals surface area contributed by atoms with Gasteiger partial charge in [-0.3, -0.25) is 4.79 Å². The number of carbonyl (C=O) groups is 1. The standard InChI is InChI=1S/C11H21NO/c1-8(2)11-6-5-9(3)7-12(11)10(4)13/h8-9,11H,5-7H2,1-4H3. The lowest BCUT2D eigenvalue weighted by molar-refractivity contribution is -0.134. The Morgan fingerprint density at radius 1 is 1.38 bits per heavy atom. The summed E-state index contributed by atoms with van der Waals surface area (Å²) in [6.45, 7) is 9.28. The minimum atomic E-state index is 0.241. The summed E-state index contributed by atoms with van der Waals surface area (Å²) in [6.07, 6.45) is 2.45. The lowest BCUT2D eigenvalue weighted by Crippen LogP contribution is -2.47. The molecule has 1 amide bonds. The molecule has 1 saturated heterocycles. The van der Waals surface area contributed by atoms with Gasteiger partial charge < -0.3 is 4.90 Å². The smallest absolute Gasteiger partial charge is 0.219 e. The SMILES string of the molecule is CC(=O)N1CC(C)CCC1C(C)C. The summed E-state index contributed by atoms with van der Waals surface area (Å²) < 4.78 is 0. The molecule has 0 aromatic carbocycles. The molecule has 0 radical (unpaired) electrons. The van der Waals surface area contributed by atoms with Gasteiger partial charge in [-0.2, -0.15) is 0 Å². The number of nitrogens with zero attached hydrogens (tertiary/aromatic N) is 1. The van der Waals surface area contributed by atoms with Gasteiger partial charge >= 0.3 is 0 Å². The zero-order chi connectivity index (χ0) is 10.0. The maximum Gasteiger partial charge on any atom is 0.219 e. The highest BCUT2D eigenvalue weighted by Crippen LogP contribution is 2.26. The van der Waals surface area contributed by atoms with Crippen LogP contribution in [0, 0.1) is 11.8 Å². The first-order chi connectivity index (χ1) is 6.02. The van der Waals surface area contributed by atoms with Crippen LogP contribution in [-0.4, -0.2) is 23.4 Å². The Kier molecular flexibility index (Phi) is 3.34. The van der Waals surface area contributed by atoms with Crippen molar-refractivity contribution in [2.75, 3.05) is 6.54 Å². The predicted octanol–water partition coefficient (Wildman–Crippen LogP) is 2.29. The molecule has 1 aliphatic heterocycles. The number of carbonyl (C=O) groups excluding carboxylic acids is 1. The van der Waals surface area contributed by atoms with Crippen LogP contribution in [0.2, 0.25) is 0 Å². The van der Waals surface area contributed by atoms with E-state index >= 15 is 0 Å². The minimum Gasteiger partial charge on any atom is -0.339 e. The summed E-state index contributed by atoms with van der Waals surface area (Å²) in [5.74, 6) is 1.51. The van der Waals surface area contributed by atoms with E-state index < -0.39 is 0 Å². The highest BCUT2D eigenvalue weighted by molar-refractivity contribution is 5.73. The van der Waals surface area contributed by atoms with E-state index in [9.17, 15) is 4.79 Å². The molecule has 0 N–H and O–H groups in total. The van der Waals surface area contributed by atoms with E-state index in [1.165, 1.54) is 12.8 Å². The molecule has 1 fully saturated rings. The monoisotopic (exact) mass is 183 g/mol. The third-order valence-electron chi connectivity index (χ3n) is 3.04. The van der Waals surface area contributed by atoms with E-state index in [4.69, 9.17) is 0 Å². The molecule has 2 atom stereocenters. The zero-order valence-electron chi connectivity index (χ0n) is 9.21. The molecule has 1 heterocycles. The van der Waals surface area contributed by atoms with E-state index in [0.29, 0.717) is 17.9 Å². The topological polar surface area (TPSA) is 20.3 Å². The molecule has 2 unspecified atom stereocenters. The molecule has 0 aromatic rings. The van der Waals surface area contributed by atoms with Crippen molar-refractivity contribution in [1.82, 2.24) is 4.90 Å². The first kappa shape index (κ1) is 10.6. The third kappa shape index (κ3) is 2.45. The maximum absolute atomic E-state index is 11.4. The highest BCUT2D eigenvalue weighted by Gasteiger charge is 2.29. The van der Waals surface area contributed by atoms with Crippen LogP contribution in [0.5, 0.6) is 0 Å². The summed E-state index contributed by atoms with van der Waals surface area (Å²) in [5, 5.41) is 0. The number of rotatable bonds is 1. The van der Waals surface area contributed by atoms with Gasteiger partial charge in [-0.1, -0.05) is 20.8 Å². The number of amides is 1. The van der Waals surface area contributed by atoms with Crippen LogP contribution < -0.4 is 0 Å². The van der Waals surface area contributed by atoms with Crippen LogP contribution in [0.3, 0.4) is 0 Å². The maximum atomic E-state index is 11.4. The van der Waals surface area contributed by atoms with Crippen molar-refractivity contribution in [2.45, 2.75) is 46.6 Å². The Hall–Kier alpha value is -0.530. The summed E-state index contributed by atoms with van der Waals surface area (Å²) in [5.41, 5.74) is 0. The fourth-order valence-electron chi connectivity index (χ4n) is 2.23. The first-order valence-corrected chi connectivity index (χ1v) is 5.29. The lowest BCUT2D eigenvalue weighted by atomic mass is 9.88. The second-order valence-electron chi connectivity index (χ2n) is 4.67. The molecular formula is C11H21NO. The van der Waals surface area contributed by atoms with Crippen molar-refractivity contribution in [3.8, 4) is 0 Å². The molecule has 0 spiro atoms. The predicted molar refractivity (Wildman–Crippen MR) is 54.4 cm³/mol. The average Bonchev–Trinajstić information content (AvgIpc) is 2.03. The quantitative estimate of drug-likeness (QED) is 0.611. The van der Waals surface area contributed by atoms with Crippen molar-refractivity contribution in [2.24, 2.45) is 11.8 Å². The summed E-state index contributed by atoms with van der Waals surface area (Å²) in [7, 11) is 0. The van der Waals surface area contributed by atoms with Crippen LogP contribution in [0.25, 0.3) is 0 Å². The van der Waals surface area contributed by atoms with Gasteiger partial charge in [0.25, 0.3) is 0 Å². The van der Waals surface area contributed by atoms with Crippen LogP contribution in [0.15, 0.2) is 0 Å². The van der Waals surface area contributed by atoms with Crippen LogP contribution >= 0.6 is 0 Å². The van der Waals surface area contributed by atoms with E-state index in [1.807, 2.05) is 0 Å². The molecule has 0 aliphatic carbocycles. The van der Waals surface area contributed by atoms with Gasteiger partial charge in [0.2, 0.25) is 5.91 Å². The van der Waals surface area contributed by atoms with E-state index in [0.717, 1.165) is 6.54 Å². The fraction of sp³-hybridized carbons (Fsp3) is 0.909. The van der Waals surface area contributed by atoms with Crippen LogP contribution in [-0.2, 0) is 4.79 Å². The van der Waals surface area contributed by atoms with Crippen molar-refractivity contribution in [3.05, 3.63) is 0 Å². The van der Waals surface area contributed by atoms with Gasteiger partial charge in [0.05, 0.1) is 0 Å². The Bertz CT molecular complexity index is 189. The van der Waals surface area contributed by atoms with Crippen molar-refractivity contribution < 1.29 is 4.79 Å². The lowest BCUT2D eigenvalue weighted by Gasteiger charge is -2.40. The Labute approximate surface area is 81.3 Å². The molecular weight excluding hydrogens is 162 g/mol. The minimum absolute atomic E-state index is 0.241. The van der Waals surface area contributed by atoms with Crippen molar-refractivity contribution >= 4 is 5.91 Å². The van der Waals surface area contributed by atoms with Crippen LogP contribution in [0.1, 0.15) is 40.5 Å². The molecule has 1 aliphatic rings. The van der Waals surface area contributed by atoms with E-state index in [1.54, 1.807) is 6.92 Å². The normalized spacial score (nSPS) is 29.5. The van der Waals surface area contributed by atoms with Crippen molar-refractivity contribution in [3.63, 3.8) is 0 Å². The Balaban J connectivity index is 2.66. The first-order valence-electron chi connectivity index (χ1n) is 5.29. The number of piperidine rings is 1. The van der Waals surface area contributed by atoms with Gasteiger partial charge in [-0.25, -0.2) is 0 Å². The Morgan fingerprint density at radius 3 is 2.46 bits per heavy atom. The van der Waals surface area contributed by atoms with E-state index in [2.05, 4.69) is 25.7 Å². The van der Waals surface area contributed by atoms with Gasteiger partial charge in [0, 0.05) is 19.5 Å². The molecule has 76 valence electrons. The summed E-state index contributed by atoms with van der Waals surface area (Å²) in [4.78, 5) is 13.4. The summed E-state index contributed by atoms with van der Waals surface area (Å²) >= 11 is 0. The largest absolute Gasteiger partial charge is 0.339 e. The average molecular weight is 183 g/mol. The molecule has 2 nitrogen and oxygen atoms in total. The number of hydrogen-bond donors (Lipinski definition) is 0. The third-order valence-corrected chi connectivity index (χ3v) is 3.04. The van der Waals surface area contributed by atoms with Gasteiger partial charge in [0.1, 0.15) is 0 Å². The fourth-order valence-corrected chi connectivity index (χ4v) is 2.23. The van der Waals surface area contributed by atoms with Gasteiger partial charge in [0.15, 0.2) is 0 Å². The molecule has 0 bridgehead atoms. The van der Waals surface area contributed by atoms with E-state index in [-0.39, 0.29) is 5.91 Å². The Morgan fingerprint density at radius 2 is 2.00 bits per heavy atom. The van der Waals surface area contributed by atoms with Crippen LogP contribution in [0.4, 0.5) is 0 Å². The highest BCUT2D eigenvalue weighted by atomic mass is 16.2. The molecule has 0 aromatic heterocycles. The summed E-state index contributed by atoms with van der Waals surface area (Å²) in [6, 6.07) is 0.480. The van der Waals surface area contributed by atoms with Crippen molar-refractivity contribution in [1.29, 1.82) is 0 Å².